The van der Waals surface area contributed by atoms with Gasteiger partial charge in [-0.05, 0) is 24.3 Å². The minimum absolute atomic E-state index is 0.221. The van der Waals surface area contributed by atoms with Crippen molar-refractivity contribution in [2.45, 2.75) is 6.54 Å². The highest BCUT2D eigenvalue weighted by Gasteiger charge is 2.19. The molecule has 0 bridgehead atoms. The zero-order chi connectivity index (χ0) is 20.7. The van der Waals surface area contributed by atoms with Crippen LogP contribution < -0.4 is 33.7 Å². The predicted molar refractivity (Wildman–Crippen MR) is 103 cm³/mol. The van der Waals surface area contributed by atoms with E-state index in [-0.39, 0.29) is 12.5 Å². The van der Waals surface area contributed by atoms with Crippen molar-refractivity contribution in [1.29, 1.82) is 0 Å². The highest BCUT2D eigenvalue weighted by molar-refractivity contribution is 5.95. The lowest BCUT2D eigenvalue weighted by Crippen LogP contribution is -2.23. The van der Waals surface area contributed by atoms with Crippen molar-refractivity contribution >= 4 is 5.91 Å². The Labute approximate surface area is 164 Å². The number of ether oxygens (including phenoxy) is 6. The van der Waals surface area contributed by atoms with Gasteiger partial charge in [-0.1, -0.05) is 0 Å². The standard InChI is InChI=1S/C20H25NO7/c1-23-14-8-7-12(17(26-4)19(14)28-6)11-21-20(22)13-9-15(24-2)18(27-5)16(10-13)25-3/h7-10H,11H2,1-6H3,(H,21,22). The van der Waals surface area contributed by atoms with Crippen LogP contribution in [0, 0.1) is 0 Å². The molecule has 0 saturated heterocycles. The summed E-state index contributed by atoms with van der Waals surface area (Å²) in [6, 6.07) is 6.73. The molecule has 1 amide bonds. The van der Waals surface area contributed by atoms with Crippen LogP contribution in [0.4, 0.5) is 0 Å². The normalized spacial score (nSPS) is 10.1. The molecular weight excluding hydrogens is 366 g/mol. The van der Waals surface area contributed by atoms with E-state index in [0.717, 1.165) is 5.56 Å². The van der Waals surface area contributed by atoms with Crippen LogP contribution in [0.2, 0.25) is 0 Å². The van der Waals surface area contributed by atoms with E-state index in [1.54, 1.807) is 31.4 Å². The zero-order valence-electron chi connectivity index (χ0n) is 16.9. The summed E-state index contributed by atoms with van der Waals surface area (Å²) in [4.78, 5) is 12.7. The summed E-state index contributed by atoms with van der Waals surface area (Å²) in [5.41, 5.74) is 1.11. The van der Waals surface area contributed by atoms with E-state index < -0.39 is 0 Å². The molecule has 8 nitrogen and oxygen atoms in total. The summed E-state index contributed by atoms with van der Waals surface area (Å²) in [7, 11) is 9.09. The fourth-order valence-corrected chi connectivity index (χ4v) is 2.79. The maximum Gasteiger partial charge on any atom is 0.251 e. The molecule has 2 rings (SSSR count). The third-order valence-electron chi connectivity index (χ3n) is 4.15. The Bertz CT molecular complexity index is 811. The lowest BCUT2D eigenvalue weighted by molar-refractivity contribution is 0.0949. The van der Waals surface area contributed by atoms with Gasteiger partial charge < -0.3 is 33.7 Å². The summed E-state index contributed by atoms with van der Waals surface area (Å²) in [5, 5.41) is 2.85. The van der Waals surface area contributed by atoms with Crippen molar-refractivity contribution in [3.05, 3.63) is 35.4 Å². The number of rotatable bonds is 9. The van der Waals surface area contributed by atoms with Gasteiger partial charge in [0.1, 0.15) is 0 Å². The highest BCUT2D eigenvalue weighted by Crippen LogP contribution is 2.40. The third kappa shape index (κ3) is 4.16. The molecule has 0 heterocycles. The molecule has 0 spiro atoms. The van der Waals surface area contributed by atoms with Gasteiger partial charge >= 0.3 is 0 Å². The molecule has 152 valence electrons. The topological polar surface area (TPSA) is 84.5 Å². The molecule has 0 unspecified atom stereocenters. The van der Waals surface area contributed by atoms with Crippen molar-refractivity contribution in [3.63, 3.8) is 0 Å². The first-order valence-corrected chi connectivity index (χ1v) is 8.40. The molecule has 2 aromatic carbocycles. The van der Waals surface area contributed by atoms with Crippen LogP contribution in [0.25, 0.3) is 0 Å². The van der Waals surface area contributed by atoms with Gasteiger partial charge in [0.2, 0.25) is 11.5 Å². The Morgan fingerprint density at radius 2 is 1.25 bits per heavy atom. The van der Waals surface area contributed by atoms with Crippen LogP contribution in [0.1, 0.15) is 15.9 Å². The smallest absolute Gasteiger partial charge is 0.251 e. The Morgan fingerprint density at radius 1 is 0.714 bits per heavy atom. The largest absolute Gasteiger partial charge is 0.493 e. The van der Waals surface area contributed by atoms with Gasteiger partial charge in [-0.25, -0.2) is 0 Å². The van der Waals surface area contributed by atoms with Crippen LogP contribution in [-0.4, -0.2) is 48.6 Å². The molecule has 0 atom stereocenters. The summed E-state index contributed by atoms with van der Waals surface area (Å²) < 4.78 is 31.9. The molecule has 8 heteroatoms. The maximum atomic E-state index is 12.7. The Morgan fingerprint density at radius 3 is 1.71 bits per heavy atom. The minimum Gasteiger partial charge on any atom is -0.493 e. The van der Waals surface area contributed by atoms with Crippen LogP contribution in [0.3, 0.4) is 0 Å². The number of carbonyl (C=O) groups excluding carboxylic acids is 1. The Kier molecular flexibility index (Phi) is 7.20. The molecule has 0 aliphatic rings. The lowest BCUT2D eigenvalue weighted by Gasteiger charge is -2.17. The zero-order valence-corrected chi connectivity index (χ0v) is 16.9. The van der Waals surface area contributed by atoms with Gasteiger partial charge in [0.15, 0.2) is 23.0 Å². The highest BCUT2D eigenvalue weighted by atomic mass is 16.5. The minimum atomic E-state index is -0.309. The van der Waals surface area contributed by atoms with E-state index in [2.05, 4.69) is 5.32 Å². The summed E-state index contributed by atoms with van der Waals surface area (Å²) >= 11 is 0. The van der Waals surface area contributed by atoms with E-state index in [0.29, 0.717) is 40.1 Å². The molecular formula is C20H25NO7. The van der Waals surface area contributed by atoms with Gasteiger partial charge in [-0.3, -0.25) is 4.79 Å². The molecule has 0 aliphatic heterocycles. The van der Waals surface area contributed by atoms with Crippen LogP contribution in [0.5, 0.6) is 34.5 Å². The van der Waals surface area contributed by atoms with Crippen molar-refractivity contribution in [2.24, 2.45) is 0 Å². The molecule has 0 radical (unpaired) electrons. The first-order chi connectivity index (χ1) is 13.5. The predicted octanol–water partition coefficient (Wildman–Crippen LogP) is 2.67. The molecule has 0 aliphatic carbocycles. The van der Waals surface area contributed by atoms with Crippen molar-refractivity contribution < 1.29 is 33.2 Å². The van der Waals surface area contributed by atoms with Gasteiger partial charge in [-0.15, -0.1) is 0 Å². The van der Waals surface area contributed by atoms with E-state index >= 15 is 0 Å². The van der Waals surface area contributed by atoms with Crippen molar-refractivity contribution in [1.82, 2.24) is 5.32 Å². The average molecular weight is 391 g/mol. The van der Waals surface area contributed by atoms with E-state index in [1.807, 2.05) is 0 Å². The second kappa shape index (κ2) is 9.59. The van der Waals surface area contributed by atoms with Crippen molar-refractivity contribution in [2.75, 3.05) is 42.7 Å². The molecule has 28 heavy (non-hydrogen) atoms. The molecule has 0 saturated carbocycles. The summed E-state index contributed by atoms with van der Waals surface area (Å²) in [6.45, 7) is 0.221. The van der Waals surface area contributed by atoms with Crippen molar-refractivity contribution in [3.8, 4) is 34.5 Å². The number of hydrogen-bond donors (Lipinski definition) is 1. The Balaban J connectivity index is 2.27. The van der Waals surface area contributed by atoms with Crippen LogP contribution >= 0.6 is 0 Å². The van der Waals surface area contributed by atoms with Crippen LogP contribution in [-0.2, 0) is 6.54 Å². The van der Waals surface area contributed by atoms with E-state index in [4.69, 9.17) is 28.4 Å². The van der Waals surface area contributed by atoms with E-state index in [1.165, 1.54) is 35.5 Å². The third-order valence-corrected chi connectivity index (χ3v) is 4.15. The van der Waals surface area contributed by atoms with Gasteiger partial charge in [0.25, 0.3) is 5.91 Å². The SMILES string of the molecule is COc1cc(C(=O)NCc2ccc(OC)c(OC)c2OC)cc(OC)c1OC. The monoisotopic (exact) mass is 391 g/mol. The lowest BCUT2D eigenvalue weighted by atomic mass is 10.1. The van der Waals surface area contributed by atoms with Gasteiger partial charge in [-0.2, -0.15) is 0 Å². The first kappa shape index (κ1) is 21.0. The number of nitrogens with one attached hydrogen (secondary N) is 1. The summed E-state index contributed by atoms with van der Waals surface area (Å²) in [6.07, 6.45) is 0. The van der Waals surface area contributed by atoms with Crippen LogP contribution in [0.15, 0.2) is 24.3 Å². The molecule has 0 fully saturated rings. The Hall–Kier alpha value is -3.29. The van der Waals surface area contributed by atoms with Gasteiger partial charge in [0, 0.05) is 17.7 Å². The number of amides is 1. The maximum absolute atomic E-state index is 12.7. The quantitative estimate of drug-likeness (QED) is 0.703. The second-order valence-corrected chi connectivity index (χ2v) is 5.59. The van der Waals surface area contributed by atoms with E-state index in [9.17, 15) is 4.79 Å². The molecule has 0 aromatic heterocycles. The summed E-state index contributed by atoms with van der Waals surface area (Å²) in [5.74, 6) is 2.40. The number of carbonyl (C=O) groups is 1. The molecule has 1 N–H and O–H groups in total. The second-order valence-electron chi connectivity index (χ2n) is 5.59. The van der Waals surface area contributed by atoms with Gasteiger partial charge in [0.05, 0.1) is 42.7 Å². The fourth-order valence-electron chi connectivity index (χ4n) is 2.79. The number of benzene rings is 2. The fraction of sp³-hybridized carbons (Fsp3) is 0.350. The first-order valence-electron chi connectivity index (χ1n) is 8.40. The average Bonchev–Trinajstić information content (AvgIpc) is 2.75. The molecule has 2 aromatic rings. The number of methoxy groups -OCH3 is 6. The number of hydrogen-bond acceptors (Lipinski definition) is 7.